The number of nitrogens with one attached hydrogen (secondary N) is 1. The molecule has 1 amide bonds. The lowest BCUT2D eigenvalue weighted by Gasteiger charge is -2.11. The largest absolute Gasteiger partial charge is 0.438 e. The molecule has 0 aliphatic rings. The lowest BCUT2D eigenvalue weighted by molar-refractivity contribution is -0.112. The molecule has 7 nitrogen and oxygen atoms in total. The summed E-state index contributed by atoms with van der Waals surface area (Å²) in [6.07, 6.45) is 2.79. The quantitative estimate of drug-likeness (QED) is 0.342. The van der Waals surface area contributed by atoms with Gasteiger partial charge in [0.2, 0.25) is 5.88 Å². The van der Waals surface area contributed by atoms with E-state index in [-0.39, 0.29) is 17.0 Å². The van der Waals surface area contributed by atoms with Gasteiger partial charge in [-0.3, -0.25) is 14.0 Å². The molecule has 4 aromatic rings. The van der Waals surface area contributed by atoms with Gasteiger partial charge >= 0.3 is 0 Å². The summed E-state index contributed by atoms with van der Waals surface area (Å²) in [5, 5.41) is 12.4. The van der Waals surface area contributed by atoms with E-state index < -0.39 is 11.5 Å². The van der Waals surface area contributed by atoms with Crippen LogP contribution in [0.3, 0.4) is 0 Å². The molecule has 2 aromatic heterocycles. The molecule has 168 valence electrons. The van der Waals surface area contributed by atoms with E-state index in [1.165, 1.54) is 10.5 Å². The molecule has 4 rings (SSSR count). The molecule has 0 fully saturated rings. The highest BCUT2D eigenvalue weighted by Gasteiger charge is 2.17. The number of hydrogen-bond donors (Lipinski definition) is 1. The summed E-state index contributed by atoms with van der Waals surface area (Å²) in [4.78, 5) is 30.6. The average molecular weight is 450 g/mol. The van der Waals surface area contributed by atoms with E-state index in [9.17, 15) is 14.9 Å². The molecule has 2 aromatic carbocycles. The zero-order chi connectivity index (χ0) is 24.2. The predicted molar refractivity (Wildman–Crippen MR) is 131 cm³/mol. The minimum absolute atomic E-state index is 0.00142. The van der Waals surface area contributed by atoms with Crippen molar-refractivity contribution in [3.63, 3.8) is 0 Å². The van der Waals surface area contributed by atoms with Crippen LogP contribution >= 0.6 is 0 Å². The van der Waals surface area contributed by atoms with Crippen LogP contribution in [0.4, 0.5) is 5.69 Å². The van der Waals surface area contributed by atoms with E-state index >= 15 is 0 Å². The normalized spacial score (nSPS) is 11.2. The van der Waals surface area contributed by atoms with Crippen LogP contribution in [-0.4, -0.2) is 15.3 Å². The minimum Gasteiger partial charge on any atom is -0.438 e. The van der Waals surface area contributed by atoms with Crippen LogP contribution in [0.15, 0.2) is 77.2 Å². The average Bonchev–Trinajstić information content (AvgIpc) is 2.80. The number of carbonyl (C=O) groups is 1. The van der Waals surface area contributed by atoms with Gasteiger partial charge in [0.1, 0.15) is 28.6 Å². The van der Waals surface area contributed by atoms with Crippen LogP contribution in [-0.2, 0) is 4.79 Å². The Morgan fingerprint density at radius 1 is 1.03 bits per heavy atom. The number of pyridine rings is 1. The number of hydrogen-bond acceptors (Lipinski definition) is 5. The standard InChI is InChI=1S/C27H22N4O3/c1-17-7-9-21(10-8-17)29-25(32)20(16-28)15-23-26(34-22-13-18(2)12-19(3)14-22)30-24-6-4-5-11-31(24)27(23)33/h4-15H,1-3H3,(H,29,32). The number of aryl methyl sites for hydroxylation is 3. The maximum absolute atomic E-state index is 13.3. The fourth-order valence-electron chi connectivity index (χ4n) is 3.52. The van der Waals surface area contributed by atoms with E-state index in [0.29, 0.717) is 17.1 Å². The molecule has 0 aliphatic heterocycles. The molecule has 0 saturated heterocycles. The number of rotatable bonds is 5. The smallest absolute Gasteiger partial charge is 0.269 e. The van der Waals surface area contributed by atoms with Crippen molar-refractivity contribution < 1.29 is 9.53 Å². The fraction of sp³-hybridized carbons (Fsp3) is 0.111. The van der Waals surface area contributed by atoms with Crippen LogP contribution in [0, 0.1) is 32.1 Å². The van der Waals surface area contributed by atoms with E-state index in [0.717, 1.165) is 16.7 Å². The molecule has 0 unspecified atom stereocenters. The maximum atomic E-state index is 13.3. The first-order chi connectivity index (χ1) is 16.3. The van der Waals surface area contributed by atoms with Crippen LogP contribution in [0.1, 0.15) is 22.3 Å². The molecule has 34 heavy (non-hydrogen) atoms. The van der Waals surface area contributed by atoms with E-state index in [1.54, 1.807) is 36.5 Å². The van der Waals surface area contributed by atoms with Crippen LogP contribution in [0.5, 0.6) is 11.6 Å². The van der Waals surface area contributed by atoms with Gasteiger partial charge in [-0.05, 0) is 74.4 Å². The molecule has 1 N–H and O–H groups in total. The van der Waals surface area contributed by atoms with Crippen molar-refractivity contribution in [2.75, 3.05) is 5.32 Å². The maximum Gasteiger partial charge on any atom is 0.269 e. The number of nitrogens with zero attached hydrogens (tertiary/aromatic N) is 3. The third kappa shape index (κ3) is 4.87. The number of benzene rings is 2. The molecule has 0 radical (unpaired) electrons. The molecule has 0 aliphatic carbocycles. The van der Waals surface area contributed by atoms with Gasteiger partial charge < -0.3 is 10.1 Å². The SMILES string of the molecule is Cc1ccc(NC(=O)C(C#N)=Cc2c(Oc3cc(C)cc(C)c3)nc3ccccn3c2=O)cc1. The molecule has 7 heteroatoms. The van der Waals surface area contributed by atoms with Gasteiger partial charge in [-0.25, -0.2) is 0 Å². The van der Waals surface area contributed by atoms with Gasteiger partial charge in [-0.15, -0.1) is 0 Å². The number of ether oxygens (including phenoxy) is 1. The van der Waals surface area contributed by atoms with Gasteiger partial charge in [0.05, 0.1) is 0 Å². The topological polar surface area (TPSA) is 96.5 Å². The first-order valence-corrected chi connectivity index (χ1v) is 10.6. The Morgan fingerprint density at radius 2 is 1.74 bits per heavy atom. The van der Waals surface area contributed by atoms with Crippen LogP contribution < -0.4 is 15.6 Å². The molecule has 0 spiro atoms. The second-order valence-electron chi connectivity index (χ2n) is 7.98. The number of fused-ring (bicyclic) bond motifs is 1. The molecular weight excluding hydrogens is 428 g/mol. The molecule has 0 atom stereocenters. The first-order valence-electron chi connectivity index (χ1n) is 10.6. The van der Waals surface area contributed by atoms with Crippen molar-refractivity contribution >= 4 is 23.3 Å². The Bertz CT molecular complexity index is 1510. The van der Waals surface area contributed by atoms with E-state index in [2.05, 4.69) is 10.3 Å². The number of nitriles is 1. The Labute approximate surface area is 196 Å². The summed E-state index contributed by atoms with van der Waals surface area (Å²) in [5.41, 5.74) is 3.22. The highest BCUT2D eigenvalue weighted by Crippen LogP contribution is 2.26. The third-order valence-electron chi connectivity index (χ3n) is 5.11. The molecule has 2 heterocycles. The Kier molecular flexibility index (Phi) is 6.24. The number of anilines is 1. The zero-order valence-corrected chi connectivity index (χ0v) is 19.0. The summed E-state index contributed by atoms with van der Waals surface area (Å²) < 4.78 is 7.35. The summed E-state index contributed by atoms with van der Waals surface area (Å²) in [7, 11) is 0. The highest BCUT2D eigenvalue weighted by atomic mass is 16.5. The van der Waals surface area contributed by atoms with Crippen molar-refractivity contribution in [3.8, 4) is 17.7 Å². The van der Waals surface area contributed by atoms with Crippen molar-refractivity contribution in [1.29, 1.82) is 5.26 Å². The van der Waals surface area contributed by atoms with Crippen molar-refractivity contribution in [2.45, 2.75) is 20.8 Å². The predicted octanol–water partition coefficient (Wildman–Crippen LogP) is 4.96. The summed E-state index contributed by atoms with van der Waals surface area (Å²) >= 11 is 0. The van der Waals surface area contributed by atoms with Gasteiger partial charge in [0, 0.05) is 11.9 Å². The van der Waals surface area contributed by atoms with E-state index in [4.69, 9.17) is 4.74 Å². The summed E-state index contributed by atoms with van der Waals surface area (Å²) in [5.74, 6) is -0.125. The Balaban J connectivity index is 1.81. The monoisotopic (exact) mass is 450 g/mol. The lowest BCUT2D eigenvalue weighted by Crippen LogP contribution is -2.20. The minimum atomic E-state index is -0.638. The zero-order valence-electron chi connectivity index (χ0n) is 19.0. The number of amides is 1. The lowest BCUT2D eigenvalue weighted by atomic mass is 10.1. The highest BCUT2D eigenvalue weighted by molar-refractivity contribution is 6.09. The fourth-order valence-corrected chi connectivity index (χ4v) is 3.52. The van der Waals surface area contributed by atoms with Crippen LogP contribution in [0.2, 0.25) is 0 Å². The number of aromatic nitrogens is 2. The van der Waals surface area contributed by atoms with Crippen molar-refractivity contribution in [1.82, 2.24) is 9.38 Å². The van der Waals surface area contributed by atoms with Gasteiger partial charge in [0.15, 0.2) is 0 Å². The second kappa shape index (κ2) is 9.43. The molecular formula is C27H22N4O3. The third-order valence-corrected chi connectivity index (χ3v) is 5.11. The van der Waals surface area contributed by atoms with Crippen LogP contribution in [0.25, 0.3) is 11.7 Å². The van der Waals surface area contributed by atoms with E-state index in [1.807, 2.05) is 57.2 Å². The van der Waals surface area contributed by atoms with Gasteiger partial charge in [0.25, 0.3) is 11.5 Å². The Morgan fingerprint density at radius 3 is 2.41 bits per heavy atom. The summed E-state index contributed by atoms with van der Waals surface area (Å²) in [6, 6.07) is 19.8. The second-order valence-corrected chi connectivity index (χ2v) is 7.98. The molecule has 0 saturated carbocycles. The summed E-state index contributed by atoms with van der Waals surface area (Å²) in [6.45, 7) is 5.81. The van der Waals surface area contributed by atoms with Gasteiger partial charge in [-0.2, -0.15) is 10.2 Å². The van der Waals surface area contributed by atoms with Crippen molar-refractivity contribution in [2.24, 2.45) is 0 Å². The Hall–Kier alpha value is -4.70. The van der Waals surface area contributed by atoms with Gasteiger partial charge in [-0.1, -0.05) is 29.8 Å². The van der Waals surface area contributed by atoms with Crippen molar-refractivity contribution in [3.05, 3.63) is 105 Å². The molecule has 0 bridgehead atoms. The first kappa shape index (κ1) is 22.5. The number of carbonyl (C=O) groups excluding carboxylic acids is 1.